The molecule has 1 aliphatic rings. The van der Waals surface area contributed by atoms with E-state index < -0.39 is 15.6 Å². The van der Waals surface area contributed by atoms with Crippen molar-refractivity contribution in [3.8, 4) is 5.75 Å². The van der Waals surface area contributed by atoms with Gasteiger partial charge in [-0.3, -0.25) is 0 Å². The smallest absolute Gasteiger partial charge is 0.341 e. The highest BCUT2D eigenvalue weighted by atomic mass is 32.2. The highest BCUT2D eigenvalue weighted by Gasteiger charge is 2.36. The molecule has 0 N–H and O–H groups in total. The van der Waals surface area contributed by atoms with Crippen LogP contribution in [0.15, 0.2) is 54.6 Å². The van der Waals surface area contributed by atoms with Crippen LogP contribution in [0.4, 0.5) is 0 Å². The van der Waals surface area contributed by atoms with Crippen molar-refractivity contribution in [2.45, 2.75) is 12.0 Å². The van der Waals surface area contributed by atoms with Gasteiger partial charge in [-0.25, -0.2) is 0 Å². The quantitative estimate of drug-likeness (QED) is 0.809. The lowest BCUT2D eigenvalue weighted by molar-refractivity contribution is 0.113. The van der Waals surface area contributed by atoms with Gasteiger partial charge in [-0.15, -0.1) is 0 Å². The Bertz CT molecular complexity index is 680. The van der Waals surface area contributed by atoms with Crippen LogP contribution in [0, 0.1) is 0 Å². The zero-order valence-corrected chi connectivity index (χ0v) is 10.8. The first kappa shape index (κ1) is 12.2. The maximum atomic E-state index is 12.2. The van der Waals surface area contributed by atoms with Gasteiger partial charge in [0.1, 0.15) is 5.75 Å². The van der Waals surface area contributed by atoms with Crippen LogP contribution in [0.5, 0.6) is 5.75 Å². The molecule has 0 fully saturated rings. The van der Waals surface area contributed by atoms with Crippen molar-refractivity contribution in [1.82, 2.24) is 0 Å². The van der Waals surface area contributed by atoms with Crippen molar-refractivity contribution >= 4 is 10.1 Å². The zero-order valence-electron chi connectivity index (χ0n) is 10.0. The zero-order chi connectivity index (χ0) is 13.3. The maximum Gasteiger partial charge on any atom is 0.341 e. The molecule has 0 aromatic heterocycles. The molecule has 1 heterocycles. The summed E-state index contributed by atoms with van der Waals surface area (Å²) in [5.74, 6) is 0.287. The summed E-state index contributed by atoms with van der Waals surface area (Å²) in [6.07, 6.45) is 0. The fourth-order valence-corrected chi connectivity index (χ4v) is 3.29. The average molecular weight is 276 g/mol. The van der Waals surface area contributed by atoms with Crippen LogP contribution in [0.1, 0.15) is 16.6 Å². The van der Waals surface area contributed by atoms with Gasteiger partial charge < -0.3 is 8.92 Å². The van der Waals surface area contributed by atoms with E-state index in [-0.39, 0.29) is 12.4 Å². The molecular formula is C14H12O4S. The topological polar surface area (TPSA) is 52.6 Å². The molecule has 5 heteroatoms. The van der Waals surface area contributed by atoms with Crippen LogP contribution in [-0.4, -0.2) is 8.42 Å². The molecule has 19 heavy (non-hydrogen) atoms. The molecule has 0 radical (unpaired) electrons. The Kier molecular flexibility index (Phi) is 3.00. The van der Waals surface area contributed by atoms with Crippen molar-refractivity contribution in [1.29, 1.82) is 0 Å². The summed E-state index contributed by atoms with van der Waals surface area (Å²) in [5.41, 5.74) is 0.482. The van der Waals surface area contributed by atoms with E-state index in [9.17, 15) is 8.42 Å². The van der Waals surface area contributed by atoms with Gasteiger partial charge in [-0.2, -0.15) is 8.42 Å². The minimum absolute atomic E-state index is 0.287. The van der Waals surface area contributed by atoms with Gasteiger partial charge in [-0.05, 0) is 17.7 Å². The number of benzene rings is 2. The molecule has 3 rings (SSSR count). The summed E-state index contributed by atoms with van der Waals surface area (Å²) in [5, 5.41) is 0. The lowest BCUT2D eigenvalue weighted by Gasteiger charge is -2.13. The molecule has 2 aromatic rings. The van der Waals surface area contributed by atoms with Gasteiger partial charge in [-0.1, -0.05) is 42.5 Å². The fourth-order valence-electron chi connectivity index (χ4n) is 2.04. The summed E-state index contributed by atoms with van der Waals surface area (Å²) in [6.45, 7) is 0.290. The van der Waals surface area contributed by atoms with Crippen LogP contribution >= 0.6 is 0 Å². The Morgan fingerprint density at radius 2 is 1.68 bits per heavy atom. The molecule has 0 saturated heterocycles. The van der Waals surface area contributed by atoms with E-state index in [1.807, 2.05) is 12.1 Å². The van der Waals surface area contributed by atoms with Crippen molar-refractivity contribution in [3.05, 3.63) is 65.7 Å². The third-order valence-corrected chi connectivity index (χ3v) is 4.26. The van der Waals surface area contributed by atoms with Crippen molar-refractivity contribution in [2.75, 3.05) is 0 Å². The largest absolute Gasteiger partial charge is 0.380 e. The van der Waals surface area contributed by atoms with E-state index >= 15 is 0 Å². The molecule has 0 bridgehead atoms. The molecule has 0 amide bonds. The predicted molar refractivity (Wildman–Crippen MR) is 70.0 cm³/mol. The Labute approximate surface area is 111 Å². The minimum atomic E-state index is -3.85. The summed E-state index contributed by atoms with van der Waals surface area (Å²) < 4.78 is 34.9. The Morgan fingerprint density at radius 1 is 1.00 bits per heavy atom. The van der Waals surface area contributed by atoms with Crippen LogP contribution in [0.25, 0.3) is 0 Å². The molecule has 0 aliphatic carbocycles. The maximum absolute atomic E-state index is 12.2. The lowest BCUT2D eigenvalue weighted by atomic mass is 10.1. The van der Waals surface area contributed by atoms with E-state index in [1.54, 1.807) is 42.5 Å². The Hall–Kier alpha value is -1.85. The first-order valence-corrected chi connectivity index (χ1v) is 7.32. The van der Waals surface area contributed by atoms with E-state index in [4.69, 9.17) is 8.92 Å². The standard InChI is InChI=1S/C14H12O4S/c15-19(16,18-12-7-2-1-3-8-12)14-13-9-5-4-6-11(13)10-17-14/h1-9,14H,10H2. The summed E-state index contributed by atoms with van der Waals surface area (Å²) in [7, 11) is -3.85. The molecule has 0 saturated carbocycles. The Balaban J connectivity index is 1.91. The molecule has 0 spiro atoms. The van der Waals surface area contributed by atoms with Crippen molar-refractivity contribution < 1.29 is 17.3 Å². The molecule has 1 aliphatic heterocycles. The molecule has 2 aromatic carbocycles. The second kappa shape index (κ2) is 4.68. The van der Waals surface area contributed by atoms with Gasteiger partial charge in [0.2, 0.25) is 5.44 Å². The number of rotatable bonds is 3. The minimum Gasteiger partial charge on any atom is -0.380 e. The van der Waals surface area contributed by atoms with Crippen LogP contribution < -0.4 is 4.18 Å². The van der Waals surface area contributed by atoms with Crippen LogP contribution in [-0.2, 0) is 21.5 Å². The summed E-state index contributed by atoms with van der Waals surface area (Å²) >= 11 is 0. The fraction of sp³-hybridized carbons (Fsp3) is 0.143. The molecule has 1 atom stereocenters. The average Bonchev–Trinajstić information content (AvgIpc) is 2.84. The van der Waals surface area contributed by atoms with E-state index in [0.29, 0.717) is 5.56 Å². The van der Waals surface area contributed by atoms with Gasteiger partial charge in [0, 0.05) is 5.56 Å². The molecule has 98 valence electrons. The predicted octanol–water partition coefficient (Wildman–Crippen LogP) is 2.62. The van der Waals surface area contributed by atoms with Gasteiger partial charge in [0.25, 0.3) is 0 Å². The first-order valence-electron chi connectivity index (χ1n) is 5.84. The number of hydrogen-bond acceptors (Lipinski definition) is 4. The summed E-state index contributed by atoms with van der Waals surface area (Å²) in [6, 6.07) is 15.7. The number of ether oxygens (including phenoxy) is 1. The lowest BCUT2D eigenvalue weighted by Crippen LogP contribution is -2.18. The van der Waals surface area contributed by atoms with E-state index in [1.165, 1.54) is 0 Å². The SMILES string of the molecule is O=S(=O)(Oc1ccccc1)C1OCc2ccccc21. The first-order chi connectivity index (χ1) is 9.17. The highest BCUT2D eigenvalue weighted by molar-refractivity contribution is 7.87. The highest BCUT2D eigenvalue weighted by Crippen LogP contribution is 2.35. The molecular weight excluding hydrogens is 264 g/mol. The molecule has 4 nitrogen and oxygen atoms in total. The van der Waals surface area contributed by atoms with Crippen LogP contribution in [0.2, 0.25) is 0 Å². The normalized spacial score (nSPS) is 18.0. The summed E-state index contributed by atoms with van der Waals surface area (Å²) in [4.78, 5) is 0. The Morgan fingerprint density at radius 3 is 2.47 bits per heavy atom. The van der Waals surface area contributed by atoms with Gasteiger partial charge >= 0.3 is 10.1 Å². The van der Waals surface area contributed by atoms with Crippen molar-refractivity contribution in [2.24, 2.45) is 0 Å². The second-order valence-electron chi connectivity index (χ2n) is 4.23. The van der Waals surface area contributed by atoms with E-state index in [2.05, 4.69) is 0 Å². The second-order valence-corrected chi connectivity index (χ2v) is 5.81. The van der Waals surface area contributed by atoms with Gasteiger partial charge in [0.05, 0.1) is 6.61 Å². The van der Waals surface area contributed by atoms with E-state index in [0.717, 1.165) is 5.56 Å². The molecule has 1 unspecified atom stereocenters. The number of hydrogen-bond donors (Lipinski definition) is 0. The third kappa shape index (κ3) is 2.34. The third-order valence-electron chi connectivity index (χ3n) is 2.92. The number of para-hydroxylation sites is 1. The van der Waals surface area contributed by atoms with Crippen LogP contribution in [0.3, 0.4) is 0 Å². The van der Waals surface area contributed by atoms with Crippen molar-refractivity contribution in [3.63, 3.8) is 0 Å². The number of fused-ring (bicyclic) bond motifs is 1. The monoisotopic (exact) mass is 276 g/mol. The van der Waals surface area contributed by atoms with Gasteiger partial charge in [0.15, 0.2) is 0 Å².